The van der Waals surface area contributed by atoms with Crippen LogP contribution in [0.2, 0.25) is 5.28 Å². The minimum atomic E-state index is -0.141. The van der Waals surface area contributed by atoms with Gasteiger partial charge in [0.2, 0.25) is 17.2 Å². The summed E-state index contributed by atoms with van der Waals surface area (Å²) in [6.45, 7) is 3.57. The van der Waals surface area contributed by atoms with E-state index in [9.17, 15) is 0 Å². The van der Waals surface area contributed by atoms with Crippen molar-refractivity contribution < 1.29 is 4.74 Å². The molecule has 0 aromatic carbocycles. The normalized spacial score (nSPS) is 23.1. The van der Waals surface area contributed by atoms with Gasteiger partial charge >= 0.3 is 0 Å². The molecule has 1 aromatic rings. The van der Waals surface area contributed by atoms with Gasteiger partial charge in [0, 0.05) is 27.2 Å². The second-order valence-corrected chi connectivity index (χ2v) is 5.22. The number of nitrogens with one attached hydrogen (secondary N) is 1. The largest absolute Gasteiger partial charge is 0.373 e. The van der Waals surface area contributed by atoms with E-state index in [4.69, 9.17) is 16.3 Å². The second kappa shape index (κ2) is 5.24. The molecule has 1 aromatic heterocycles. The molecule has 100 valence electrons. The van der Waals surface area contributed by atoms with E-state index >= 15 is 0 Å². The zero-order chi connectivity index (χ0) is 13.2. The Hall–Kier alpha value is -1.14. The van der Waals surface area contributed by atoms with Gasteiger partial charge in [-0.2, -0.15) is 15.0 Å². The molecule has 2 heterocycles. The molecule has 0 aliphatic carbocycles. The first-order valence-electron chi connectivity index (χ1n) is 5.95. The maximum Gasteiger partial charge on any atom is 0.230 e. The van der Waals surface area contributed by atoms with E-state index in [1.165, 1.54) is 0 Å². The number of hydrogen-bond acceptors (Lipinski definition) is 6. The molecule has 2 rings (SSSR count). The number of rotatable bonds is 4. The SMILES string of the molecule is CN(C)c1nc(Cl)nc(NCC2(C)CCCO2)n1. The predicted octanol–water partition coefficient (Wildman–Crippen LogP) is 1.57. The van der Waals surface area contributed by atoms with Crippen LogP contribution in [0.3, 0.4) is 0 Å². The van der Waals surface area contributed by atoms with Crippen molar-refractivity contribution in [2.45, 2.75) is 25.4 Å². The van der Waals surface area contributed by atoms with Gasteiger partial charge in [-0.05, 0) is 31.4 Å². The van der Waals surface area contributed by atoms with Crippen molar-refractivity contribution in [2.75, 3.05) is 37.5 Å². The average Bonchev–Trinajstić information content (AvgIpc) is 2.73. The molecular weight excluding hydrogens is 254 g/mol. The smallest absolute Gasteiger partial charge is 0.230 e. The fourth-order valence-corrected chi connectivity index (χ4v) is 2.02. The number of ether oxygens (including phenoxy) is 1. The van der Waals surface area contributed by atoms with Crippen LogP contribution in [-0.2, 0) is 4.74 Å². The van der Waals surface area contributed by atoms with Crippen molar-refractivity contribution in [2.24, 2.45) is 0 Å². The zero-order valence-corrected chi connectivity index (χ0v) is 11.7. The summed E-state index contributed by atoms with van der Waals surface area (Å²) < 4.78 is 5.69. The van der Waals surface area contributed by atoms with Crippen LogP contribution in [0.15, 0.2) is 0 Å². The summed E-state index contributed by atoms with van der Waals surface area (Å²) in [4.78, 5) is 14.1. The lowest BCUT2D eigenvalue weighted by molar-refractivity contribution is 0.0314. The molecule has 1 fully saturated rings. The summed E-state index contributed by atoms with van der Waals surface area (Å²) in [5.41, 5.74) is -0.141. The van der Waals surface area contributed by atoms with Crippen LogP contribution < -0.4 is 10.2 Å². The first kappa shape index (κ1) is 13.3. The maximum absolute atomic E-state index is 5.86. The highest BCUT2D eigenvalue weighted by Crippen LogP contribution is 2.25. The molecular formula is C11H18ClN5O. The van der Waals surface area contributed by atoms with E-state index in [1.54, 1.807) is 4.90 Å². The standard InChI is InChI=1S/C11H18ClN5O/c1-11(5-4-6-18-11)7-13-9-14-8(12)15-10(16-9)17(2)3/h4-7H2,1-3H3,(H,13,14,15,16). The van der Waals surface area contributed by atoms with Crippen molar-refractivity contribution >= 4 is 23.5 Å². The Morgan fingerprint density at radius 1 is 1.39 bits per heavy atom. The van der Waals surface area contributed by atoms with E-state index in [-0.39, 0.29) is 10.9 Å². The summed E-state index contributed by atoms with van der Waals surface area (Å²) in [5.74, 6) is 1.02. The van der Waals surface area contributed by atoms with Gasteiger partial charge in [0.1, 0.15) is 0 Å². The van der Waals surface area contributed by atoms with E-state index in [2.05, 4.69) is 27.2 Å². The Bertz CT molecular complexity index is 420. The highest BCUT2D eigenvalue weighted by Gasteiger charge is 2.29. The highest BCUT2D eigenvalue weighted by atomic mass is 35.5. The van der Waals surface area contributed by atoms with E-state index in [0.29, 0.717) is 18.4 Å². The van der Waals surface area contributed by atoms with Gasteiger partial charge in [0.25, 0.3) is 0 Å². The molecule has 0 radical (unpaired) electrons. The van der Waals surface area contributed by atoms with Crippen LogP contribution in [0.25, 0.3) is 0 Å². The zero-order valence-electron chi connectivity index (χ0n) is 10.9. The van der Waals surface area contributed by atoms with Crippen LogP contribution in [0.1, 0.15) is 19.8 Å². The van der Waals surface area contributed by atoms with Crippen LogP contribution in [0, 0.1) is 0 Å². The molecule has 1 atom stereocenters. The summed E-state index contributed by atoms with van der Waals surface area (Å²) >= 11 is 5.86. The van der Waals surface area contributed by atoms with Gasteiger partial charge in [-0.25, -0.2) is 0 Å². The van der Waals surface area contributed by atoms with E-state index in [0.717, 1.165) is 19.4 Å². The third kappa shape index (κ3) is 3.20. The van der Waals surface area contributed by atoms with Crippen LogP contribution in [0.4, 0.5) is 11.9 Å². The van der Waals surface area contributed by atoms with Crippen molar-refractivity contribution in [3.05, 3.63) is 5.28 Å². The van der Waals surface area contributed by atoms with Gasteiger partial charge in [0.15, 0.2) is 0 Å². The van der Waals surface area contributed by atoms with Crippen LogP contribution >= 0.6 is 11.6 Å². The Morgan fingerprint density at radius 3 is 2.78 bits per heavy atom. The summed E-state index contributed by atoms with van der Waals surface area (Å²) in [6.07, 6.45) is 2.14. The molecule has 1 N–H and O–H groups in total. The molecule has 18 heavy (non-hydrogen) atoms. The van der Waals surface area contributed by atoms with Crippen LogP contribution in [0.5, 0.6) is 0 Å². The molecule has 0 saturated carbocycles. The summed E-state index contributed by atoms with van der Waals surface area (Å²) in [7, 11) is 3.72. The molecule has 7 heteroatoms. The van der Waals surface area contributed by atoms with Crippen molar-refractivity contribution in [1.82, 2.24) is 15.0 Å². The topological polar surface area (TPSA) is 63.2 Å². The van der Waals surface area contributed by atoms with Gasteiger partial charge in [-0.1, -0.05) is 0 Å². The third-order valence-electron chi connectivity index (χ3n) is 2.92. The fourth-order valence-electron chi connectivity index (χ4n) is 1.86. The Kier molecular flexibility index (Phi) is 3.87. The molecule has 6 nitrogen and oxygen atoms in total. The minimum absolute atomic E-state index is 0.141. The second-order valence-electron chi connectivity index (χ2n) is 4.88. The maximum atomic E-state index is 5.86. The van der Waals surface area contributed by atoms with Crippen molar-refractivity contribution in [1.29, 1.82) is 0 Å². The first-order chi connectivity index (χ1) is 8.48. The lowest BCUT2D eigenvalue weighted by Gasteiger charge is -2.23. The molecule has 1 aliphatic heterocycles. The van der Waals surface area contributed by atoms with Gasteiger partial charge in [0.05, 0.1) is 5.60 Å². The Morgan fingerprint density at radius 2 is 2.17 bits per heavy atom. The monoisotopic (exact) mass is 271 g/mol. The van der Waals surface area contributed by atoms with Gasteiger partial charge in [-0.3, -0.25) is 0 Å². The number of anilines is 2. The molecule has 1 aliphatic rings. The lowest BCUT2D eigenvalue weighted by Crippen LogP contribution is -2.33. The van der Waals surface area contributed by atoms with E-state index in [1.807, 2.05) is 14.1 Å². The average molecular weight is 272 g/mol. The van der Waals surface area contributed by atoms with E-state index < -0.39 is 0 Å². The van der Waals surface area contributed by atoms with Crippen LogP contribution in [-0.4, -0.2) is 47.8 Å². The van der Waals surface area contributed by atoms with Crippen molar-refractivity contribution in [3.8, 4) is 0 Å². The number of hydrogen-bond donors (Lipinski definition) is 1. The van der Waals surface area contributed by atoms with Crippen molar-refractivity contribution in [3.63, 3.8) is 0 Å². The molecule has 0 amide bonds. The first-order valence-corrected chi connectivity index (χ1v) is 6.33. The lowest BCUT2D eigenvalue weighted by atomic mass is 10.0. The number of nitrogens with zero attached hydrogens (tertiary/aromatic N) is 4. The third-order valence-corrected chi connectivity index (χ3v) is 3.09. The van der Waals surface area contributed by atoms with Gasteiger partial charge < -0.3 is 15.0 Å². The molecule has 0 bridgehead atoms. The Balaban J connectivity index is 2.04. The summed E-state index contributed by atoms with van der Waals surface area (Å²) in [6, 6.07) is 0. The molecule has 0 spiro atoms. The molecule has 1 saturated heterocycles. The Labute approximate surface area is 112 Å². The van der Waals surface area contributed by atoms with Gasteiger partial charge in [-0.15, -0.1) is 0 Å². The number of aromatic nitrogens is 3. The minimum Gasteiger partial charge on any atom is -0.373 e. The number of halogens is 1. The predicted molar refractivity (Wildman–Crippen MR) is 71.2 cm³/mol. The summed E-state index contributed by atoms with van der Waals surface area (Å²) in [5, 5.41) is 3.35. The fraction of sp³-hybridized carbons (Fsp3) is 0.727. The molecule has 1 unspecified atom stereocenters. The highest BCUT2D eigenvalue weighted by molar-refractivity contribution is 6.28. The quantitative estimate of drug-likeness (QED) is 0.897.